The number of aliphatic hydroxyl groups excluding tert-OH is 1. The first-order valence-electron chi connectivity index (χ1n) is 13.1. The van der Waals surface area contributed by atoms with Crippen molar-refractivity contribution < 1.29 is 34.1 Å². The van der Waals surface area contributed by atoms with E-state index in [0.717, 1.165) is 0 Å². The van der Waals surface area contributed by atoms with Gasteiger partial charge in [0.2, 0.25) is 5.91 Å². The molecule has 4 rings (SSSR count). The number of anilines is 1. The van der Waals surface area contributed by atoms with Crippen LogP contribution in [-0.2, 0) is 19.1 Å². The summed E-state index contributed by atoms with van der Waals surface area (Å²) in [5.74, 6) is -3.41. The van der Waals surface area contributed by atoms with Gasteiger partial charge in [-0.15, -0.1) is 6.58 Å². The van der Waals surface area contributed by atoms with E-state index in [2.05, 4.69) is 6.58 Å². The molecule has 3 heterocycles. The lowest BCUT2D eigenvalue weighted by Crippen LogP contribution is -2.60. The minimum atomic E-state index is -1.28. The molecule has 2 bridgehead atoms. The largest absolute Gasteiger partial charge is 0.497 e. The van der Waals surface area contributed by atoms with Gasteiger partial charge < -0.3 is 29.5 Å². The number of nitrogens with zero attached hydrogens (tertiary/aromatic N) is 2. The maximum absolute atomic E-state index is 14.5. The van der Waals surface area contributed by atoms with Crippen molar-refractivity contribution in [1.82, 2.24) is 4.90 Å². The van der Waals surface area contributed by atoms with Crippen molar-refractivity contribution in [2.75, 3.05) is 25.2 Å². The Bertz CT molecular complexity index is 1060. The molecule has 0 aromatic heterocycles. The van der Waals surface area contributed by atoms with Crippen LogP contribution in [0.3, 0.4) is 0 Å². The SMILES string of the molecule is C=CCN(C(=O)C1N([C@@H](CO)[C@@H](C)CC)C(=O)[C@@H]2[C@H](C(=O)O)[C@]3(CC)CCC12O3)c1ccc(OC)cc1. The summed E-state index contributed by atoms with van der Waals surface area (Å²) < 4.78 is 11.9. The molecule has 2 unspecified atom stereocenters. The fourth-order valence-corrected chi connectivity index (χ4v) is 6.84. The van der Waals surface area contributed by atoms with Gasteiger partial charge in [-0.2, -0.15) is 0 Å². The van der Waals surface area contributed by atoms with Crippen molar-refractivity contribution >= 4 is 23.5 Å². The van der Waals surface area contributed by atoms with Gasteiger partial charge in [0.15, 0.2) is 0 Å². The number of rotatable bonds is 11. The number of hydrogen-bond donors (Lipinski definition) is 2. The summed E-state index contributed by atoms with van der Waals surface area (Å²) in [5, 5.41) is 20.7. The van der Waals surface area contributed by atoms with Crippen molar-refractivity contribution in [2.45, 2.75) is 69.7 Å². The predicted molar refractivity (Wildman–Crippen MR) is 137 cm³/mol. The van der Waals surface area contributed by atoms with Crippen LogP contribution in [-0.4, -0.2) is 76.4 Å². The first-order valence-corrected chi connectivity index (χ1v) is 13.1. The second-order valence-corrected chi connectivity index (χ2v) is 10.5. The molecule has 1 aromatic rings. The van der Waals surface area contributed by atoms with Gasteiger partial charge >= 0.3 is 5.97 Å². The predicted octanol–water partition coefficient (Wildman–Crippen LogP) is 2.86. The number of carbonyl (C=O) groups is 3. The summed E-state index contributed by atoms with van der Waals surface area (Å²) >= 11 is 0. The number of methoxy groups -OCH3 is 1. The highest BCUT2D eigenvalue weighted by Gasteiger charge is 2.79. The van der Waals surface area contributed by atoms with E-state index in [1.54, 1.807) is 42.4 Å². The first kappa shape index (κ1) is 27.1. The molecule has 2 N–H and O–H groups in total. The van der Waals surface area contributed by atoms with Crippen LogP contribution in [0.5, 0.6) is 5.75 Å². The van der Waals surface area contributed by atoms with Gasteiger partial charge in [-0.1, -0.05) is 33.3 Å². The Kier molecular flexibility index (Phi) is 7.41. The van der Waals surface area contributed by atoms with Crippen molar-refractivity contribution in [3.05, 3.63) is 36.9 Å². The molecule has 0 aliphatic carbocycles. The lowest BCUT2D eigenvalue weighted by Gasteiger charge is -2.41. The maximum atomic E-state index is 14.5. The lowest BCUT2D eigenvalue weighted by atomic mass is 9.65. The summed E-state index contributed by atoms with van der Waals surface area (Å²) in [6.07, 6.45) is 3.57. The van der Waals surface area contributed by atoms with Gasteiger partial charge in [0, 0.05) is 12.2 Å². The van der Waals surface area contributed by atoms with Crippen LogP contribution < -0.4 is 9.64 Å². The second kappa shape index (κ2) is 10.1. The number of fused-ring (bicyclic) bond motifs is 1. The Morgan fingerprint density at radius 3 is 2.49 bits per heavy atom. The normalized spacial score (nSPS) is 31.6. The molecule has 9 heteroatoms. The van der Waals surface area contributed by atoms with E-state index in [1.165, 1.54) is 4.90 Å². The second-order valence-electron chi connectivity index (χ2n) is 10.5. The Morgan fingerprint density at radius 1 is 1.30 bits per heavy atom. The number of aliphatic carboxylic acids is 1. The van der Waals surface area contributed by atoms with Crippen molar-refractivity contribution in [3.8, 4) is 5.75 Å². The van der Waals surface area contributed by atoms with Crippen LogP contribution >= 0.6 is 0 Å². The molecule has 3 aliphatic rings. The van der Waals surface area contributed by atoms with Crippen molar-refractivity contribution in [2.24, 2.45) is 17.8 Å². The van der Waals surface area contributed by atoms with Crippen LogP contribution in [0.15, 0.2) is 36.9 Å². The van der Waals surface area contributed by atoms with Crippen LogP contribution in [0.2, 0.25) is 0 Å². The van der Waals surface area contributed by atoms with Gasteiger partial charge in [0.05, 0.1) is 31.3 Å². The van der Waals surface area contributed by atoms with E-state index >= 15 is 0 Å². The molecular weight excluding hydrogens is 476 g/mol. The number of hydrogen-bond acceptors (Lipinski definition) is 6. The highest BCUT2D eigenvalue weighted by atomic mass is 16.5. The van der Waals surface area contributed by atoms with Gasteiger partial charge in [0.25, 0.3) is 5.91 Å². The molecule has 3 aliphatic heterocycles. The zero-order valence-electron chi connectivity index (χ0n) is 22.1. The number of aliphatic hydroxyl groups is 1. The number of likely N-dealkylation sites (tertiary alicyclic amines) is 1. The van der Waals surface area contributed by atoms with Gasteiger partial charge in [-0.25, -0.2) is 0 Å². The van der Waals surface area contributed by atoms with Crippen LogP contribution in [0, 0.1) is 17.8 Å². The van der Waals surface area contributed by atoms with Crippen LogP contribution in [0.25, 0.3) is 0 Å². The number of ether oxygens (including phenoxy) is 2. The molecule has 202 valence electrons. The minimum Gasteiger partial charge on any atom is -0.497 e. The molecule has 3 fully saturated rings. The summed E-state index contributed by atoms with van der Waals surface area (Å²) in [7, 11) is 1.56. The van der Waals surface area contributed by atoms with Crippen LogP contribution in [0.4, 0.5) is 5.69 Å². The lowest BCUT2D eigenvalue weighted by molar-refractivity contribution is -0.158. The third-order valence-electron chi connectivity index (χ3n) is 8.93. The summed E-state index contributed by atoms with van der Waals surface area (Å²) in [6, 6.07) is 5.29. The number of benzene rings is 1. The van der Waals surface area contributed by atoms with E-state index in [0.29, 0.717) is 37.1 Å². The summed E-state index contributed by atoms with van der Waals surface area (Å²) in [4.78, 5) is 44.2. The number of carbonyl (C=O) groups excluding carboxylic acids is 2. The Balaban J connectivity index is 1.87. The molecule has 7 atom stereocenters. The number of amides is 2. The zero-order valence-corrected chi connectivity index (χ0v) is 22.1. The smallest absolute Gasteiger partial charge is 0.310 e. The van der Waals surface area contributed by atoms with E-state index in [9.17, 15) is 24.6 Å². The summed E-state index contributed by atoms with van der Waals surface area (Å²) in [5.41, 5.74) is -1.68. The summed E-state index contributed by atoms with van der Waals surface area (Å²) in [6.45, 7) is 9.41. The molecule has 9 nitrogen and oxygen atoms in total. The van der Waals surface area contributed by atoms with E-state index in [4.69, 9.17) is 9.47 Å². The standard InChI is InChI=1S/C28H38N2O7/c1-6-15-29(18-9-11-19(36-5)12-10-18)25(33)23-28-14-13-27(8-3,37-28)22(26(34)35)21(28)24(32)30(23)20(16-31)17(4)7-2/h6,9-12,17,20-23,31H,1,7-8,13-16H2,2-5H3,(H,34,35)/t17-,20-,21-,22+,23?,27-,28?/m0/s1. The number of carboxylic acid groups (broad SMARTS) is 1. The third-order valence-corrected chi connectivity index (χ3v) is 8.93. The average Bonchev–Trinajstić information content (AvgIpc) is 3.51. The third kappa shape index (κ3) is 3.94. The van der Waals surface area contributed by atoms with E-state index in [1.807, 2.05) is 20.8 Å². The van der Waals surface area contributed by atoms with Gasteiger partial charge in [-0.3, -0.25) is 14.4 Å². The monoisotopic (exact) mass is 514 g/mol. The Hall–Kier alpha value is -2.91. The molecule has 1 aromatic carbocycles. The molecule has 2 amide bonds. The highest BCUT2D eigenvalue weighted by molar-refractivity contribution is 6.05. The number of carboxylic acids is 1. The molecule has 0 radical (unpaired) electrons. The zero-order chi connectivity index (χ0) is 27.1. The molecule has 1 spiro atoms. The van der Waals surface area contributed by atoms with E-state index in [-0.39, 0.29) is 25.0 Å². The quantitative estimate of drug-likeness (QED) is 0.436. The fraction of sp³-hybridized carbons (Fsp3) is 0.607. The van der Waals surface area contributed by atoms with Gasteiger partial charge in [-0.05, 0) is 49.4 Å². The van der Waals surface area contributed by atoms with Crippen LogP contribution in [0.1, 0.15) is 46.5 Å². The topological polar surface area (TPSA) is 117 Å². The van der Waals surface area contributed by atoms with E-state index < -0.39 is 47.0 Å². The average molecular weight is 515 g/mol. The highest BCUT2D eigenvalue weighted by Crippen LogP contribution is 2.64. The molecule has 3 saturated heterocycles. The maximum Gasteiger partial charge on any atom is 0.310 e. The fourth-order valence-electron chi connectivity index (χ4n) is 6.84. The Labute approximate surface area is 218 Å². The Morgan fingerprint density at radius 2 is 1.97 bits per heavy atom. The first-order chi connectivity index (χ1) is 17.7. The minimum absolute atomic E-state index is 0.117. The molecule has 37 heavy (non-hydrogen) atoms. The molecular formula is C28H38N2O7. The van der Waals surface area contributed by atoms with Crippen molar-refractivity contribution in [1.29, 1.82) is 0 Å². The van der Waals surface area contributed by atoms with Gasteiger partial charge in [0.1, 0.15) is 23.3 Å². The van der Waals surface area contributed by atoms with Crippen molar-refractivity contribution in [3.63, 3.8) is 0 Å². The molecule has 0 saturated carbocycles.